The Hall–Kier alpha value is -1.02. The van der Waals surface area contributed by atoms with Crippen LogP contribution in [0.15, 0.2) is 18.2 Å². The first-order valence-electron chi connectivity index (χ1n) is 6.59. The predicted molar refractivity (Wildman–Crippen MR) is 74.3 cm³/mol. The Kier molecular flexibility index (Phi) is 4.06. The molecule has 1 aliphatic heterocycles. The SMILES string of the molecule is CC[CH]N1CCN(c2cc(C)cc(C)c2)CC1. The molecule has 0 aliphatic carbocycles. The summed E-state index contributed by atoms with van der Waals surface area (Å²) in [5.74, 6) is 0. The zero-order valence-corrected chi connectivity index (χ0v) is 11.2. The second-order valence-corrected chi connectivity index (χ2v) is 4.96. The van der Waals surface area contributed by atoms with Crippen LogP contribution in [0, 0.1) is 20.4 Å². The van der Waals surface area contributed by atoms with Crippen LogP contribution in [0.2, 0.25) is 0 Å². The normalized spacial score (nSPS) is 17.5. The van der Waals surface area contributed by atoms with Crippen LogP contribution in [0.4, 0.5) is 5.69 Å². The molecule has 1 aromatic rings. The van der Waals surface area contributed by atoms with Gasteiger partial charge in [0.25, 0.3) is 0 Å². The average molecular weight is 231 g/mol. The molecule has 1 aromatic carbocycles. The Morgan fingerprint density at radius 2 is 1.59 bits per heavy atom. The highest BCUT2D eigenvalue weighted by Crippen LogP contribution is 2.20. The molecule has 2 nitrogen and oxygen atoms in total. The second kappa shape index (κ2) is 5.54. The average Bonchev–Trinajstić information content (AvgIpc) is 2.29. The molecule has 0 atom stereocenters. The fourth-order valence-corrected chi connectivity index (χ4v) is 2.55. The van der Waals surface area contributed by atoms with E-state index >= 15 is 0 Å². The molecule has 0 spiro atoms. The molecule has 2 heteroatoms. The Labute approximate surface area is 105 Å². The highest BCUT2D eigenvalue weighted by Gasteiger charge is 2.16. The van der Waals surface area contributed by atoms with Crippen molar-refractivity contribution >= 4 is 5.69 Å². The van der Waals surface area contributed by atoms with Crippen LogP contribution in [0.5, 0.6) is 0 Å². The molecule has 0 unspecified atom stereocenters. The molecule has 1 aliphatic rings. The minimum atomic E-state index is 1.14. The van der Waals surface area contributed by atoms with Gasteiger partial charge in [0.1, 0.15) is 0 Å². The first kappa shape index (κ1) is 12.4. The molecule has 0 amide bonds. The van der Waals surface area contributed by atoms with Crippen molar-refractivity contribution in [2.75, 3.05) is 31.1 Å². The topological polar surface area (TPSA) is 6.48 Å². The summed E-state index contributed by atoms with van der Waals surface area (Å²) in [4.78, 5) is 4.94. The molecule has 1 heterocycles. The Bertz CT molecular complexity index is 345. The van der Waals surface area contributed by atoms with Gasteiger partial charge in [-0.3, -0.25) is 4.90 Å². The molecule has 0 aromatic heterocycles. The van der Waals surface area contributed by atoms with Crippen molar-refractivity contribution in [2.24, 2.45) is 0 Å². The molecular weight excluding hydrogens is 208 g/mol. The highest BCUT2D eigenvalue weighted by molar-refractivity contribution is 5.51. The van der Waals surface area contributed by atoms with Gasteiger partial charge in [0, 0.05) is 38.4 Å². The van der Waals surface area contributed by atoms with E-state index in [1.54, 1.807) is 0 Å². The minimum absolute atomic E-state index is 1.14. The number of benzene rings is 1. The van der Waals surface area contributed by atoms with E-state index in [4.69, 9.17) is 0 Å². The van der Waals surface area contributed by atoms with Gasteiger partial charge in [-0.15, -0.1) is 0 Å². The molecule has 93 valence electrons. The van der Waals surface area contributed by atoms with Crippen molar-refractivity contribution < 1.29 is 0 Å². The summed E-state index contributed by atoms with van der Waals surface area (Å²) in [6.07, 6.45) is 1.14. The fraction of sp³-hybridized carbons (Fsp3) is 0.533. The third-order valence-electron chi connectivity index (χ3n) is 3.33. The third kappa shape index (κ3) is 3.22. The second-order valence-electron chi connectivity index (χ2n) is 4.96. The number of anilines is 1. The lowest BCUT2D eigenvalue weighted by molar-refractivity contribution is 0.306. The lowest BCUT2D eigenvalue weighted by Gasteiger charge is -2.36. The van der Waals surface area contributed by atoms with Crippen LogP contribution >= 0.6 is 0 Å². The van der Waals surface area contributed by atoms with Gasteiger partial charge in [0.15, 0.2) is 0 Å². The quantitative estimate of drug-likeness (QED) is 0.789. The van der Waals surface area contributed by atoms with E-state index in [0.717, 1.165) is 32.6 Å². The first-order chi connectivity index (χ1) is 8.19. The van der Waals surface area contributed by atoms with Gasteiger partial charge < -0.3 is 4.90 Å². The Morgan fingerprint density at radius 1 is 1.00 bits per heavy atom. The maximum atomic E-state index is 2.50. The van der Waals surface area contributed by atoms with E-state index in [9.17, 15) is 0 Å². The van der Waals surface area contributed by atoms with Gasteiger partial charge in [-0.05, 0) is 43.5 Å². The van der Waals surface area contributed by atoms with Gasteiger partial charge in [-0.2, -0.15) is 0 Å². The summed E-state index contributed by atoms with van der Waals surface area (Å²) < 4.78 is 0. The number of aryl methyl sites for hydroxylation is 2. The highest BCUT2D eigenvalue weighted by atomic mass is 15.3. The van der Waals surface area contributed by atoms with E-state index in [1.807, 2.05) is 0 Å². The molecule has 0 saturated carbocycles. The van der Waals surface area contributed by atoms with Crippen molar-refractivity contribution in [1.29, 1.82) is 0 Å². The van der Waals surface area contributed by atoms with E-state index in [2.05, 4.69) is 55.3 Å². The van der Waals surface area contributed by atoms with Crippen LogP contribution in [-0.2, 0) is 0 Å². The molecule has 1 fully saturated rings. The fourth-order valence-electron chi connectivity index (χ4n) is 2.55. The molecular formula is C15H23N2. The Balaban J connectivity index is 2.00. The number of nitrogens with zero attached hydrogens (tertiary/aromatic N) is 2. The first-order valence-corrected chi connectivity index (χ1v) is 6.59. The van der Waals surface area contributed by atoms with Crippen molar-refractivity contribution in [2.45, 2.75) is 27.2 Å². The van der Waals surface area contributed by atoms with E-state index in [0.29, 0.717) is 0 Å². The third-order valence-corrected chi connectivity index (χ3v) is 3.33. The maximum Gasteiger partial charge on any atom is 0.0372 e. The molecule has 1 radical (unpaired) electrons. The smallest absolute Gasteiger partial charge is 0.0372 e. The van der Waals surface area contributed by atoms with Gasteiger partial charge in [-0.25, -0.2) is 0 Å². The van der Waals surface area contributed by atoms with Crippen LogP contribution < -0.4 is 4.90 Å². The van der Waals surface area contributed by atoms with E-state index in [-0.39, 0.29) is 0 Å². The summed E-state index contributed by atoms with van der Waals surface area (Å²) >= 11 is 0. The Morgan fingerprint density at radius 3 is 2.12 bits per heavy atom. The molecule has 17 heavy (non-hydrogen) atoms. The van der Waals surface area contributed by atoms with Crippen molar-refractivity contribution in [3.05, 3.63) is 35.9 Å². The summed E-state index contributed by atoms with van der Waals surface area (Å²) in [6.45, 7) is 13.5. The van der Waals surface area contributed by atoms with Crippen molar-refractivity contribution in [3.8, 4) is 0 Å². The van der Waals surface area contributed by atoms with Crippen molar-refractivity contribution in [3.63, 3.8) is 0 Å². The van der Waals surface area contributed by atoms with Crippen LogP contribution in [-0.4, -0.2) is 31.1 Å². The summed E-state index contributed by atoms with van der Waals surface area (Å²) in [5, 5.41) is 0. The molecule has 0 N–H and O–H groups in total. The van der Waals surface area contributed by atoms with Crippen LogP contribution in [0.25, 0.3) is 0 Å². The lowest BCUT2D eigenvalue weighted by Crippen LogP contribution is -2.45. The largest absolute Gasteiger partial charge is 0.369 e. The monoisotopic (exact) mass is 231 g/mol. The molecule has 2 rings (SSSR count). The number of rotatable bonds is 3. The minimum Gasteiger partial charge on any atom is -0.369 e. The maximum absolute atomic E-state index is 2.50. The van der Waals surface area contributed by atoms with Crippen molar-refractivity contribution in [1.82, 2.24) is 4.90 Å². The van der Waals surface area contributed by atoms with Crippen LogP contribution in [0.3, 0.4) is 0 Å². The number of hydrogen-bond acceptors (Lipinski definition) is 2. The number of piperazine rings is 1. The van der Waals surface area contributed by atoms with Gasteiger partial charge in [0.05, 0.1) is 0 Å². The summed E-state index contributed by atoms with van der Waals surface area (Å²) in [7, 11) is 0. The zero-order chi connectivity index (χ0) is 12.3. The van der Waals surface area contributed by atoms with E-state index in [1.165, 1.54) is 16.8 Å². The summed E-state index contributed by atoms with van der Waals surface area (Å²) in [6, 6.07) is 6.84. The lowest BCUT2D eigenvalue weighted by atomic mass is 10.1. The van der Waals surface area contributed by atoms with Gasteiger partial charge in [-0.1, -0.05) is 13.0 Å². The van der Waals surface area contributed by atoms with E-state index < -0.39 is 0 Å². The van der Waals surface area contributed by atoms with Gasteiger partial charge >= 0.3 is 0 Å². The standard InChI is InChI=1S/C15H23N2/c1-4-5-16-6-8-17(9-7-16)15-11-13(2)10-14(3)12-15/h5,10-12H,4,6-9H2,1-3H3. The number of hydrogen-bond donors (Lipinski definition) is 0. The molecule has 1 saturated heterocycles. The summed E-state index contributed by atoms with van der Waals surface area (Å²) in [5.41, 5.74) is 4.11. The molecule has 0 bridgehead atoms. The zero-order valence-electron chi connectivity index (χ0n) is 11.2. The van der Waals surface area contributed by atoms with Crippen LogP contribution in [0.1, 0.15) is 24.5 Å². The predicted octanol–water partition coefficient (Wildman–Crippen LogP) is 3.00. The van der Waals surface area contributed by atoms with Gasteiger partial charge in [0.2, 0.25) is 0 Å².